The van der Waals surface area contributed by atoms with Crippen LogP contribution in [0.25, 0.3) is 0 Å². The summed E-state index contributed by atoms with van der Waals surface area (Å²) < 4.78 is 10.1. The highest BCUT2D eigenvalue weighted by atomic mass is 16.5. The van der Waals surface area contributed by atoms with Crippen LogP contribution in [0.3, 0.4) is 0 Å². The van der Waals surface area contributed by atoms with Crippen LogP contribution in [0, 0.1) is 0 Å². The Labute approximate surface area is 82.2 Å². The van der Waals surface area contributed by atoms with E-state index in [1.54, 1.807) is 20.3 Å². The molecule has 14 heavy (non-hydrogen) atoms. The molecule has 0 amide bonds. The van der Waals surface area contributed by atoms with Crippen LogP contribution < -0.4 is 15.2 Å². The minimum absolute atomic E-state index is 0.283. The molecule has 5 nitrogen and oxygen atoms in total. The Morgan fingerprint density at radius 2 is 2.00 bits per heavy atom. The molecule has 5 heteroatoms. The van der Waals surface area contributed by atoms with Crippen LogP contribution in [-0.2, 0) is 5.54 Å². The van der Waals surface area contributed by atoms with Gasteiger partial charge in [0, 0.05) is 17.2 Å². The van der Waals surface area contributed by atoms with E-state index in [0.717, 1.165) is 18.4 Å². The molecule has 1 aromatic heterocycles. The molecule has 0 aliphatic heterocycles. The summed E-state index contributed by atoms with van der Waals surface area (Å²) in [5.74, 6) is 0.961. The van der Waals surface area contributed by atoms with Crippen LogP contribution >= 0.6 is 0 Å². The van der Waals surface area contributed by atoms with Crippen molar-refractivity contribution in [2.24, 2.45) is 5.73 Å². The van der Waals surface area contributed by atoms with Crippen molar-refractivity contribution in [3.63, 3.8) is 0 Å². The highest BCUT2D eigenvalue weighted by Crippen LogP contribution is 2.46. The van der Waals surface area contributed by atoms with Gasteiger partial charge in [-0.25, -0.2) is 0 Å². The normalized spacial score (nSPS) is 17.6. The Balaban J connectivity index is 2.43. The zero-order valence-electron chi connectivity index (χ0n) is 8.28. The van der Waals surface area contributed by atoms with Gasteiger partial charge in [0.2, 0.25) is 11.8 Å². The molecule has 1 aliphatic carbocycles. The zero-order chi connectivity index (χ0) is 10.2. The van der Waals surface area contributed by atoms with Crippen molar-refractivity contribution in [3.8, 4) is 11.8 Å². The third kappa shape index (κ3) is 1.39. The molecule has 76 valence electrons. The SMILES string of the molecule is COc1cc(C2(N)CC2)c(OC)nn1. The number of nitrogens with two attached hydrogens (primary N) is 1. The lowest BCUT2D eigenvalue weighted by molar-refractivity contribution is 0.358. The molecule has 1 heterocycles. The number of hydrogen-bond acceptors (Lipinski definition) is 5. The maximum atomic E-state index is 6.06. The third-order valence-corrected chi connectivity index (χ3v) is 2.47. The molecule has 1 fully saturated rings. The lowest BCUT2D eigenvalue weighted by atomic mass is 10.1. The second-order valence-corrected chi connectivity index (χ2v) is 3.47. The Hall–Kier alpha value is -1.36. The topological polar surface area (TPSA) is 70.3 Å². The molecule has 1 aromatic rings. The van der Waals surface area contributed by atoms with Crippen LogP contribution in [0.15, 0.2) is 6.07 Å². The molecule has 0 aromatic carbocycles. The van der Waals surface area contributed by atoms with Gasteiger partial charge >= 0.3 is 0 Å². The molecule has 0 spiro atoms. The zero-order valence-corrected chi connectivity index (χ0v) is 8.28. The largest absolute Gasteiger partial charge is 0.480 e. The molecule has 0 bridgehead atoms. The van der Waals surface area contributed by atoms with Crippen molar-refractivity contribution < 1.29 is 9.47 Å². The van der Waals surface area contributed by atoms with Gasteiger partial charge in [-0.1, -0.05) is 0 Å². The summed E-state index contributed by atoms with van der Waals surface area (Å²) in [6, 6.07) is 1.79. The molecular weight excluding hydrogens is 182 g/mol. The molecule has 0 saturated heterocycles. The Kier molecular flexibility index (Phi) is 2.03. The molecule has 0 atom stereocenters. The minimum Gasteiger partial charge on any atom is -0.480 e. The lowest BCUT2D eigenvalue weighted by Crippen LogP contribution is -2.20. The molecule has 1 saturated carbocycles. The van der Waals surface area contributed by atoms with Crippen molar-refractivity contribution in [2.45, 2.75) is 18.4 Å². The average Bonchev–Trinajstić information content (AvgIpc) is 2.97. The Morgan fingerprint density at radius 3 is 2.50 bits per heavy atom. The number of ether oxygens (including phenoxy) is 2. The minimum atomic E-state index is -0.283. The summed E-state index contributed by atoms with van der Waals surface area (Å²) in [5.41, 5.74) is 6.66. The molecular formula is C9H13N3O2. The van der Waals surface area contributed by atoms with Gasteiger partial charge in [-0.15, -0.1) is 10.2 Å². The summed E-state index contributed by atoms with van der Waals surface area (Å²) in [4.78, 5) is 0. The van der Waals surface area contributed by atoms with E-state index in [1.165, 1.54) is 0 Å². The Morgan fingerprint density at radius 1 is 1.29 bits per heavy atom. The van der Waals surface area contributed by atoms with E-state index in [1.807, 2.05) is 0 Å². The van der Waals surface area contributed by atoms with Gasteiger partial charge in [0.1, 0.15) is 0 Å². The second kappa shape index (κ2) is 3.09. The standard InChI is InChI=1S/C9H13N3O2/c1-13-7-5-6(9(10)3-4-9)8(14-2)12-11-7/h5H,3-4,10H2,1-2H3. The average molecular weight is 195 g/mol. The summed E-state index contributed by atoms with van der Waals surface area (Å²) in [6.07, 6.45) is 1.91. The van der Waals surface area contributed by atoms with E-state index in [9.17, 15) is 0 Å². The maximum absolute atomic E-state index is 6.06. The lowest BCUT2D eigenvalue weighted by Gasteiger charge is -2.12. The van der Waals surface area contributed by atoms with Crippen molar-refractivity contribution in [3.05, 3.63) is 11.6 Å². The fourth-order valence-electron chi connectivity index (χ4n) is 1.37. The molecule has 1 aliphatic rings. The van der Waals surface area contributed by atoms with E-state index in [-0.39, 0.29) is 5.54 Å². The van der Waals surface area contributed by atoms with Gasteiger partial charge in [0.15, 0.2) is 0 Å². The highest BCUT2D eigenvalue weighted by molar-refractivity contribution is 5.39. The van der Waals surface area contributed by atoms with Crippen LogP contribution in [0.1, 0.15) is 18.4 Å². The summed E-state index contributed by atoms with van der Waals surface area (Å²) in [6.45, 7) is 0. The van der Waals surface area contributed by atoms with E-state index < -0.39 is 0 Å². The maximum Gasteiger partial charge on any atom is 0.238 e. The van der Waals surface area contributed by atoms with Gasteiger partial charge in [0.05, 0.1) is 14.2 Å². The van der Waals surface area contributed by atoms with E-state index >= 15 is 0 Å². The van der Waals surface area contributed by atoms with Crippen LogP contribution in [0.5, 0.6) is 11.8 Å². The van der Waals surface area contributed by atoms with Gasteiger partial charge in [-0.05, 0) is 12.8 Å². The monoisotopic (exact) mass is 195 g/mol. The van der Waals surface area contributed by atoms with Crippen molar-refractivity contribution in [2.75, 3.05) is 14.2 Å². The van der Waals surface area contributed by atoms with E-state index in [2.05, 4.69) is 10.2 Å². The van der Waals surface area contributed by atoms with Crippen LogP contribution in [0.4, 0.5) is 0 Å². The smallest absolute Gasteiger partial charge is 0.238 e. The number of aromatic nitrogens is 2. The first-order valence-electron chi connectivity index (χ1n) is 4.45. The van der Waals surface area contributed by atoms with E-state index in [0.29, 0.717) is 11.8 Å². The molecule has 2 N–H and O–H groups in total. The molecule has 0 unspecified atom stereocenters. The molecule has 0 radical (unpaired) electrons. The highest BCUT2D eigenvalue weighted by Gasteiger charge is 2.43. The fourth-order valence-corrected chi connectivity index (χ4v) is 1.37. The quantitative estimate of drug-likeness (QED) is 0.757. The third-order valence-electron chi connectivity index (χ3n) is 2.47. The number of rotatable bonds is 3. The first-order valence-corrected chi connectivity index (χ1v) is 4.45. The number of hydrogen-bond donors (Lipinski definition) is 1. The molecule has 2 rings (SSSR count). The van der Waals surface area contributed by atoms with Gasteiger partial charge in [-0.2, -0.15) is 0 Å². The Bertz CT molecular complexity index is 350. The van der Waals surface area contributed by atoms with Crippen LogP contribution in [0.2, 0.25) is 0 Å². The van der Waals surface area contributed by atoms with Crippen molar-refractivity contribution in [1.82, 2.24) is 10.2 Å². The predicted octanol–water partition coefficient (Wildman–Crippen LogP) is 0.442. The fraction of sp³-hybridized carbons (Fsp3) is 0.556. The second-order valence-electron chi connectivity index (χ2n) is 3.47. The van der Waals surface area contributed by atoms with Gasteiger partial charge in [0.25, 0.3) is 0 Å². The summed E-state index contributed by atoms with van der Waals surface area (Å²) in [7, 11) is 3.11. The van der Waals surface area contributed by atoms with E-state index in [4.69, 9.17) is 15.2 Å². The summed E-state index contributed by atoms with van der Waals surface area (Å²) in [5, 5.41) is 7.71. The summed E-state index contributed by atoms with van der Waals surface area (Å²) >= 11 is 0. The van der Waals surface area contributed by atoms with Crippen molar-refractivity contribution in [1.29, 1.82) is 0 Å². The van der Waals surface area contributed by atoms with Crippen LogP contribution in [-0.4, -0.2) is 24.4 Å². The first kappa shape index (κ1) is 9.21. The first-order chi connectivity index (χ1) is 6.69. The van der Waals surface area contributed by atoms with Crippen molar-refractivity contribution >= 4 is 0 Å². The van der Waals surface area contributed by atoms with Gasteiger partial charge in [-0.3, -0.25) is 0 Å². The number of nitrogens with zero attached hydrogens (tertiary/aromatic N) is 2. The number of methoxy groups -OCH3 is 2. The van der Waals surface area contributed by atoms with Gasteiger partial charge < -0.3 is 15.2 Å². The predicted molar refractivity (Wildman–Crippen MR) is 50.2 cm³/mol.